The maximum Gasteiger partial charge on any atom is 0.246 e. The van der Waals surface area contributed by atoms with Gasteiger partial charge in [-0.2, -0.15) is 10.1 Å². The molecule has 1 aliphatic rings. The molecule has 0 aliphatic carbocycles. The Kier molecular flexibility index (Phi) is 7.60. The van der Waals surface area contributed by atoms with Gasteiger partial charge in [0.1, 0.15) is 13.1 Å². The number of piperazine rings is 1. The molecular formula is C18H29IN8O2. The van der Waals surface area contributed by atoms with Crippen LogP contribution in [0.25, 0.3) is 0 Å². The number of rotatable bonds is 4. The van der Waals surface area contributed by atoms with Crippen LogP contribution in [0, 0.1) is 0 Å². The van der Waals surface area contributed by atoms with Gasteiger partial charge in [0.05, 0.1) is 11.9 Å². The largest absolute Gasteiger partial charge is 0.356 e. The van der Waals surface area contributed by atoms with Crippen LogP contribution in [0.15, 0.2) is 21.9 Å². The highest BCUT2D eigenvalue weighted by molar-refractivity contribution is 14.0. The van der Waals surface area contributed by atoms with E-state index in [-0.39, 0.29) is 41.8 Å². The van der Waals surface area contributed by atoms with Crippen molar-refractivity contribution >= 4 is 41.5 Å². The minimum absolute atomic E-state index is 0. The van der Waals surface area contributed by atoms with Crippen LogP contribution in [0.2, 0.25) is 0 Å². The zero-order valence-electron chi connectivity index (χ0n) is 17.5. The average Bonchev–Trinajstić information content (AvgIpc) is 3.27. The third-order valence-electron chi connectivity index (χ3n) is 4.34. The van der Waals surface area contributed by atoms with Gasteiger partial charge in [0.25, 0.3) is 0 Å². The quantitative estimate of drug-likeness (QED) is 0.374. The normalized spacial score (nSPS) is 15.5. The first kappa shape index (κ1) is 23.1. The van der Waals surface area contributed by atoms with Gasteiger partial charge in [-0.1, -0.05) is 25.9 Å². The number of carbonyl (C=O) groups is 1. The summed E-state index contributed by atoms with van der Waals surface area (Å²) in [5, 5.41) is 11.4. The second-order valence-electron chi connectivity index (χ2n) is 7.78. The van der Waals surface area contributed by atoms with Crippen molar-refractivity contribution in [3.8, 4) is 0 Å². The van der Waals surface area contributed by atoms with Crippen LogP contribution in [0.4, 0.5) is 5.69 Å². The van der Waals surface area contributed by atoms with E-state index >= 15 is 0 Å². The lowest BCUT2D eigenvalue weighted by atomic mass is 9.97. The zero-order chi connectivity index (χ0) is 20.3. The average molecular weight is 516 g/mol. The lowest BCUT2D eigenvalue weighted by molar-refractivity contribution is -0.120. The van der Waals surface area contributed by atoms with Crippen molar-refractivity contribution in [1.82, 2.24) is 30.1 Å². The first-order valence-electron chi connectivity index (χ1n) is 9.43. The summed E-state index contributed by atoms with van der Waals surface area (Å²) < 4.78 is 7.01. The Morgan fingerprint density at radius 3 is 2.66 bits per heavy atom. The number of nitrogens with one attached hydrogen (secondary N) is 1. The number of halogens is 1. The van der Waals surface area contributed by atoms with Crippen LogP contribution in [-0.4, -0.2) is 62.9 Å². The summed E-state index contributed by atoms with van der Waals surface area (Å²) in [5.74, 6) is 1.80. The number of aryl methyl sites for hydroxylation is 1. The van der Waals surface area contributed by atoms with E-state index in [0.717, 1.165) is 5.69 Å². The monoisotopic (exact) mass is 516 g/mol. The summed E-state index contributed by atoms with van der Waals surface area (Å²) >= 11 is 0. The molecule has 160 valence electrons. The van der Waals surface area contributed by atoms with Crippen molar-refractivity contribution in [3.63, 3.8) is 0 Å². The van der Waals surface area contributed by atoms with Crippen LogP contribution in [0.1, 0.15) is 39.4 Å². The number of hydrogen-bond acceptors (Lipinski definition) is 6. The number of carbonyl (C=O) groups excluding carboxylic acids is 1. The van der Waals surface area contributed by atoms with Gasteiger partial charge in [-0.15, -0.1) is 24.0 Å². The lowest BCUT2D eigenvalue weighted by Crippen LogP contribution is -2.55. The van der Waals surface area contributed by atoms with E-state index in [2.05, 4.69) is 25.5 Å². The molecule has 0 unspecified atom stereocenters. The maximum atomic E-state index is 12.6. The molecule has 0 atom stereocenters. The van der Waals surface area contributed by atoms with Gasteiger partial charge in [-0.3, -0.25) is 9.48 Å². The summed E-state index contributed by atoms with van der Waals surface area (Å²) in [6.45, 7) is 10.5. The van der Waals surface area contributed by atoms with Crippen molar-refractivity contribution in [1.29, 1.82) is 0 Å². The SMILES string of the molecule is CCNC(=NCc1noc(C(C)(C)C)n1)N1CCN(c2cnn(C)c2)C(=O)C1.I. The van der Waals surface area contributed by atoms with Gasteiger partial charge in [-0.25, -0.2) is 4.99 Å². The predicted molar refractivity (Wildman–Crippen MR) is 120 cm³/mol. The molecule has 3 heterocycles. The van der Waals surface area contributed by atoms with Crippen molar-refractivity contribution in [2.75, 3.05) is 31.1 Å². The second-order valence-corrected chi connectivity index (χ2v) is 7.78. The standard InChI is InChI=1S/C18H28N8O2.HI/c1-6-19-17(20-10-14-22-16(28-23-14)18(2,3)4)25-7-8-26(15(27)12-25)13-9-21-24(5)11-13;/h9,11H,6-8,10,12H2,1-5H3,(H,19,20);1H. The molecule has 1 fully saturated rings. The number of aliphatic imine (C=N–C) groups is 1. The van der Waals surface area contributed by atoms with Crippen LogP contribution >= 0.6 is 24.0 Å². The van der Waals surface area contributed by atoms with Crippen LogP contribution in [0.3, 0.4) is 0 Å². The zero-order valence-corrected chi connectivity index (χ0v) is 19.9. The number of aromatic nitrogens is 4. The molecule has 0 aromatic carbocycles. The number of guanidine groups is 1. The van der Waals surface area contributed by atoms with E-state index in [1.54, 1.807) is 15.8 Å². The van der Waals surface area contributed by atoms with Gasteiger partial charge in [0, 0.05) is 38.3 Å². The fourth-order valence-corrected chi connectivity index (χ4v) is 2.87. The molecular weight excluding hydrogens is 487 g/mol. The second kappa shape index (κ2) is 9.55. The molecule has 0 saturated carbocycles. The highest BCUT2D eigenvalue weighted by atomic mass is 127. The molecule has 1 saturated heterocycles. The molecule has 10 nitrogen and oxygen atoms in total. The summed E-state index contributed by atoms with van der Waals surface area (Å²) in [6, 6.07) is 0. The van der Waals surface area contributed by atoms with E-state index in [1.165, 1.54) is 0 Å². The Morgan fingerprint density at radius 2 is 2.10 bits per heavy atom. The van der Waals surface area contributed by atoms with Crippen molar-refractivity contribution in [3.05, 3.63) is 24.1 Å². The molecule has 1 aliphatic heterocycles. The molecule has 3 rings (SSSR count). The summed E-state index contributed by atoms with van der Waals surface area (Å²) in [6.07, 6.45) is 3.55. The van der Waals surface area contributed by atoms with Gasteiger partial charge >= 0.3 is 0 Å². The molecule has 0 spiro atoms. The Labute approximate surface area is 187 Å². The van der Waals surface area contributed by atoms with Crippen molar-refractivity contribution in [2.24, 2.45) is 12.0 Å². The number of hydrogen-bond donors (Lipinski definition) is 1. The number of anilines is 1. The minimum Gasteiger partial charge on any atom is -0.356 e. The Morgan fingerprint density at radius 1 is 1.34 bits per heavy atom. The number of nitrogens with zero attached hydrogens (tertiary/aromatic N) is 7. The third kappa shape index (κ3) is 5.67. The van der Waals surface area contributed by atoms with Crippen LogP contribution in [-0.2, 0) is 23.8 Å². The molecule has 1 N–H and O–H groups in total. The molecule has 11 heteroatoms. The molecule has 29 heavy (non-hydrogen) atoms. The maximum absolute atomic E-state index is 12.6. The predicted octanol–water partition coefficient (Wildman–Crippen LogP) is 1.53. The fraction of sp³-hybridized carbons (Fsp3) is 0.611. The van der Waals surface area contributed by atoms with E-state index in [0.29, 0.717) is 43.9 Å². The molecule has 2 aromatic heterocycles. The van der Waals surface area contributed by atoms with Crippen LogP contribution < -0.4 is 10.2 Å². The summed E-state index contributed by atoms with van der Waals surface area (Å²) in [4.78, 5) is 25.3. The lowest BCUT2D eigenvalue weighted by Gasteiger charge is -2.35. The van der Waals surface area contributed by atoms with Crippen molar-refractivity contribution < 1.29 is 9.32 Å². The Balaban J connectivity index is 0.00000300. The van der Waals surface area contributed by atoms with E-state index in [1.807, 2.05) is 45.8 Å². The van der Waals surface area contributed by atoms with Gasteiger partial charge in [0.15, 0.2) is 11.8 Å². The smallest absolute Gasteiger partial charge is 0.246 e. The van der Waals surface area contributed by atoms with E-state index in [4.69, 9.17) is 4.52 Å². The minimum atomic E-state index is -0.200. The molecule has 2 aromatic rings. The van der Waals surface area contributed by atoms with Gasteiger partial charge < -0.3 is 19.6 Å². The molecule has 1 amide bonds. The van der Waals surface area contributed by atoms with Gasteiger partial charge in [0.2, 0.25) is 11.8 Å². The van der Waals surface area contributed by atoms with Crippen molar-refractivity contribution in [2.45, 2.75) is 39.7 Å². The fourth-order valence-electron chi connectivity index (χ4n) is 2.87. The molecule has 0 radical (unpaired) electrons. The highest BCUT2D eigenvalue weighted by Gasteiger charge is 2.28. The highest BCUT2D eigenvalue weighted by Crippen LogP contribution is 2.20. The van der Waals surface area contributed by atoms with E-state index < -0.39 is 0 Å². The van der Waals surface area contributed by atoms with Crippen LogP contribution in [0.5, 0.6) is 0 Å². The van der Waals surface area contributed by atoms with Gasteiger partial charge in [-0.05, 0) is 6.92 Å². The first-order valence-corrected chi connectivity index (χ1v) is 9.43. The van der Waals surface area contributed by atoms with E-state index in [9.17, 15) is 4.79 Å². The summed E-state index contributed by atoms with van der Waals surface area (Å²) in [5.41, 5.74) is 0.615. The number of amides is 1. The summed E-state index contributed by atoms with van der Waals surface area (Å²) in [7, 11) is 1.84. The first-order chi connectivity index (χ1) is 13.3. The Bertz CT molecular complexity index is 854. The Hall–Kier alpha value is -2.18. The molecule has 0 bridgehead atoms. The third-order valence-corrected chi connectivity index (χ3v) is 4.34. The topological polar surface area (TPSA) is 105 Å².